The number of halogens is 3. The minimum Gasteiger partial charge on any atom is -0.494 e. The Bertz CT molecular complexity index is 393. The molecule has 0 spiro atoms. The van der Waals surface area contributed by atoms with Gasteiger partial charge < -0.3 is 10.1 Å². The average molecular weight is 289 g/mol. The van der Waals surface area contributed by atoms with Crippen molar-refractivity contribution in [3.05, 3.63) is 24.3 Å². The number of hydrogen-bond acceptors (Lipinski definition) is 2. The normalized spacial score (nSPS) is 13.1. The van der Waals surface area contributed by atoms with Gasteiger partial charge in [0.1, 0.15) is 5.75 Å². The molecule has 2 nitrogen and oxygen atoms in total. The summed E-state index contributed by atoms with van der Waals surface area (Å²) in [5, 5.41) is 3.20. The van der Waals surface area contributed by atoms with Crippen LogP contribution in [-0.2, 0) is 0 Å². The zero-order valence-corrected chi connectivity index (χ0v) is 12.0. The largest absolute Gasteiger partial charge is 0.494 e. The molecule has 0 aromatic heterocycles. The Morgan fingerprint density at radius 2 is 2.05 bits per heavy atom. The molecule has 1 atom stereocenters. The Morgan fingerprint density at radius 3 is 2.70 bits per heavy atom. The van der Waals surface area contributed by atoms with Crippen molar-refractivity contribution in [3.8, 4) is 5.75 Å². The second-order valence-corrected chi connectivity index (χ2v) is 4.93. The van der Waals surface area contributed by atoms with Crippen molar-refractivity contribution in [2.24, 2.45) is 0 Å². The van der Waals surface area contributed by atoms with Gasteiger partial charge in [-0.2, -0.15) is 13.2 Å². The maximum absolute atomic E-state index is 12.1. The zero-order valence-electron chi connectivity index (χ0n) is 12.0. The molecular formula is C15H22F3NO. The summed E-state index contributed by atoms with van der Waals surface area (Å²) in [6, 6.07) is 7.50. The number of hydrogen-bond donors (Lipinski definition) is 1. The number of anilines is 1. The molecule has 1 N–H and O–H groups in total. The maximum atomic E-state index is 12.1. The molecule has 1 unspecified atom stereocenters. The van der Waals surface area contributed by atoms with Crippen LogP contribution in [0.2, 0.25) is 0 Å². The molecule has 0 aliphatic heterocycles. The van der Waals surface area contributed by atoms with Crippen LogP contribution < -0.4 is 10.1 Å². The monoisotopic (exact) mass is 289 g/mol. The molecule has 1 aromatic carbocycles. The fourth-order valence-corrected chi connectivity index (χ4v) is 1.86. The molecule has 1 aromatic rings. The number of nitrogens with one attached hydrogen (secondary N) is 1. The summed E-state index contributed by atoms with van der Waals surface area (Å²) in [4.78, 5) is 0. The van der Waals surface area contributed by atoms with E-state index in [9.17, 15) is 13.2 Å². The summed E-state index contributed by atoms with van der Waals surface area (Å²) in [5.41, 5.74) is 0.873. The van der Waals surface area contributed by atoms with Gasteiger partial charge in [-0.05, 0) is 38.3 Å². The molecule has 0 radical (unpaired) electrons. The van der Waals surface area contributed by atoms with Gasteiger partial charge in [0.25, 0.3) is 0 Å². The van der Waals surface area contributed by atoms with Crippen LogP contribution in [0.5, 0.6) is 5.75 Å². The van der Waals surface area contributed by atoms with Crippen molar-refractivity contribution in [1.29, 1.82) is 0 Å². The highest BCUT2D eigenvalue weighted by molar-refractivity contribution is 5.48. The van der Waals surface area contributed by atoms with Crippen LogP contribution >= 0.6 is 0 Å². The lowest BCUT2D eigenvalue weighted by Crippen LogP contribution is -2.16. The molecular weight excluding hydrogens is 267 g/mol. The molecule has 0 fully saturated rings. The van der Waals surface area contributed by atoms with Gasteiger partial charge in [0.2, 0.25) is 0 Å². The summed E-state index contributed by atoms with van der Waals surface area (Å²) < 4.78 is 41.7. The quantitative estimate of drug-likeness (QED) is 0.726. The summed E-state index contributed by atoms with van der Waals surface area (Å²) >= 11 is 0. The molecule has 0 saturated heterocycles. The molecule has 0 amide bonds. The van der Waals surface area contributed by atoms with Crippen LogP contribution in [0.1, 0.15) is 39.5 Å². The fourth-order valence-electron chi connectivity index (χ4n) is 1.86. The first-order valence-electron chi connectivity index (χ1n) is 6.97. The zero-order chi connectivity index (χ0) is 15.0. The predicted octanol–water partition coefficient (Wildman–Crippen LogP) is 5.01. The van der Waals surface area contributed by atoms with E-state index in [1.165, 1.54) is 0 Å². The summed E-state index contributed by atoms with van der Waals surface area (Å²) in [7, 11) is 0. The average Bonchev–Trinajstić information content (AvgIpc) is 2.35. The van der Waals surface area contributed by atoms with Gasteiger partial charge in [-0.15, -0.1) is 0 Å². The van der Waals surface area contributed by atoms with Gasteiger partial charge in [0.05, 0.1) is 6.61 Å². The summed E-state index contributed by atoms with van der Waals surface area (Å²) in [6.07, 6.45) is -3.22. The molecule has 0 saturated carbocycles. The highest BCUT2D eigenvalue weighted by Gasteiger charge is 2.26. The van der Waals surface area contributed by atoms with Gasteiger partial charge in [-0.1, -0.05) is 13.0 Å². The Morgan fingerprint density at radius 1 is 1.30 bits per heavy atom. The first kappa shape index (κ1) is 16.7. The third kappa shape index (κ3) is 7.26. The number of alkyl halides is 3. The van der Waals surface area contributed by atoms with Crippen molar-refractivity contribution in [1.82, 2.24) is 0 Å². The third-order valence-electron chi connectivity index (χ3n) is 2.82. The summed E-state index contributed by atoms with van der Waals surface area (Å²) in [5.74, 6) is 0.777. The SMILES string of the molecule is CCCOc1cccc(NC(C)CCCC(F)(F)F)c1. The lowest BCUT2D eigenvalue weighted by Gasteiger charge is -2.16. The van der Waals surface area contributed by atoms with Crippen molar-refractivity contribution in [2.45, 2.75) is 51.7 Å². The van der Waals surface area contributed by atoms with E-state index in [0.29, 0.717) is 13.0 Å². The minimum atomic E-state index is -4.06. The first-order chi connectivity index (χ1) is 9.40. The van der Waals surface area contributed by atoms with E-state index in [1.807, 2.05) is 38.1 Å². The number of rotatable bonds is 8. The Balaban J connectivity index is 2.39. The molecule has 20 heavy (non-hydrogen) atoms. The maximum Gasteiger partial charge on any atom is 0.389 e. The first-order valence-corrected chi connectivity index (χ1v) is 6.97. The highest BCUT2D eigenvalue weighted by Crippen LogP contribution is 2.24. The van der Waals surface area contributed by atoms with Crippen LogP contribution in [0.3, 0.4) is 0 Å². The molecule has 0 aliphatic rings. The molecule has 0 aliphatic carbocycles. The van der Waals surface area contributed by atoms with Gasteiger partial charge in [0, 0.05) is 24.2 Å². The van der Waals surface area contributed by atoms with Crippen LogP contribution in [0.15, 0.2) is 24.3 Å². The minimum absolute atomic E-state index is 0.00113. The van der Waals surface area contributed by atoms with Crippen molar-refractivity contribution in [2.75, 3.05) is 11.9 Å². The van der Waals surface area contributed by atoms with Gasteiger partial charge in [-0.25, -0.2) is 0 Å². The highest BCUT2D eigenvalue weighted by atomic mass is 19.4. The fraction of sp³-hybridized carbons (Fsp3) is 0.600. The van der Waals surface area contributed by atoms with Crippen LogP contribution in [0, 0.1) is 0 Å². The van der Waals surface area contributed by atoms with E-state index in [4.69, 9.17) is 4.74 Å². The molecule has 5 heteroatoms. The Hall–Kier alpha value is -1.39. The standard InChI is InChI=1S/C15H22F3NO/c1-3-10-20-14-8-4-7-13(11-14)19-12(2)6-5-9-15(16,17)18/h4,7-8,11-12,19H,3,5-6,9-10H2,1-2H3. The predicted molar refractivity (Wildman–Crippen MR) is 75.2 cm³/mol. The Labute approximate surface area is 118 Å². The van der Waals surface area contributed by atoms with E-state index in [-0.39, 0.29) is 12.5 Å². The van der Waals surface area contributed by atoms with Crippen molar-refractivity contribution in [3.63, 3.8) is 0 Å². The smallest absolute Gasteiger partial charge is 0.389 e. The van der Waals surface area contributed by atoms with Gasteiger partial charge >= 0.3 is 6.18 Å². The van der Waals surface area contributed by atoms with Crippen molar-refractivity contribution < 1.29 is 17.9 Å². The van der Waals surface area contributed by atoms with Gasteiger partial charge in [-0.3, -0.25) is 0 Å². The second kappa shape index (κ2) is 8.02. The van der Waals surface area contributed by atoms with E-state index in [0.717, 1.165) is 17.9 Å². The topological polar surface area (TPSA) is 21.3 Å². The molecule has 1 rings (SSSR count). The van der Waals surface area contributed by atoms with Crippen molar-refractivity contribution >= 4 is 5.69 Å². The van der Waals surface area contributed by atoms with Crippen LogP contribution in [-0.4, -0.2) is 18.8 Å². The van der Waals surface area contributed by atoms with E-state index < -0.39 is 12.6 Å². The van der Waals surface area contributed by atoms with E-state index in [2.05, 4.69) is 5.32 Å². The molecule has 0 bridgehead atoms. The number of ether oxygens (including phenoxy) is 1. The van der Waals surface area contributed by atoms with Gasteiger partial charge in [0.15, 0.2) is 0 Å². The summed E-state index contributed by atoms with van der Waals surface area (Å²) in [6.45, 7) is 4.57. The molecule has 114 valence electrons. The van der Waals surface area contributed by atoms with Crippen LogP contribution in [0.4, 0.5) is 18.9 Å². The lowest BCUT2D eigenvalue weighted by atomic mass is 10.1. The lowest BCUT2D eigenvalue weighted by molar-refractivity contribution is -0.135. The third-order valence-corrected chi connectivity index (χ3v) is 2.82. The van der Waals surface area contributed by atoms with Crippen LogP contribution in [0.25, 0.3) is 0 Å². The number of benzene rings is 1. The van der Waals surface area contributed by atoms with E-state index in [1.54, 1.807) is 0 Å². The Kier molecular flexibility index (Phi) is 6.68. The van der Waals surface area contributed by atoms with E-state index >= 15 is 0 Å². The second-order valence-electron chi connectivity index (χ2n) is 4.93. The molecule has 0 heterocycles.